The van der Waals surface area contributed by atoms with E-state index in [0.29, 0.717) is 6.04 Å². The number of piperidine rings is 1. The van der Waals surface area contributed by atoms with Crippen LogP contribution in [0.25, 0.3) is 0 Å². The van der Waals surface area contributed by atoms with Crippen LogP contribution in [-0.2, 0) is 0 Å². The topological polar surface area (TPSA) is 32.3 Å². The van der Waals surface area contributed by atoms with Crippen molar-refractivity contribution in [3.05, 3.63) is 21.4 Å². The summed E-state index contributed by atoms with van der Waals surface area (Å²) >= 11 is 1.59. The summed E-state index contributed by atoms with van der Waals surface area (Å²) in [7, 11) is 2.13. The predicted molar refractivity (Wildman–Crippen MR) is 71.8 cm³/mol. The fourth-order valence-electron chi connectivity index (χ4n) is 2.09. The number of nitrogens with one attached hydrogen (secondary N) is 1. The number of aryl methyl sites for hydroxylation is 2. The first-order valence-corrected chi connectivity index (χ1v) is 6.94. The zero-order valence-electron chi connectivity index (χ0n) is 10.7. The van der Waals surface area contributed by atoms with Gasteiger partial charge in [0.2, 0.25) is 0 Å². The highest BCUT2D eigenvalue weighted by atomic mass is 32.1. The van der Waals surface area contributed by atoms with E-state index in [4.69, 9.17) is 0 Å². The molecule has 0 radical (unpaired) electrons. The number of carbonyl (C=O) groups is 1. The molecule has 0 bridgehead atoms. The largest absolute Gasteiger partial charge is 0.349 e. The van der Waals surface area contributed by atoms with Gasteiger partial charge >= 0.3 is 0 Å². The highest BCUT2D eigenvalue weighted by Crippen LogP contribution is 2.21. The van der Waals surface area contributed by atoms with Crippen molar-refractivity contribution in [1.29, 1.82) is 0 Å². The number of amides is 1. The molecule has 3 nitrogen and oxygen atoms in total. The zero-order chi connectivity index (χ0) is 12.4. The molecule has 4 heteroatoms. The third kappa shape index (κ3) is 3.07. The van der Waals surface area contributed by atoms with Gasteiger partial charge in [-0.15, -0.1) is 11.3 Å². The van der Waals surface area contributed by atoms with Gasteiger partial charge in [0.1, 0.15) is 0 Å². The maximum absolute atomic E-state index is 12.0. The highest BCUT2D eigenvalue weighted by molar-refractivity contribution is 7.14. The quantitative estimate of drug-likeness (QED) is 0.875. The van der Waals surface area contributed by atoms with Crippen molar-refractivity contribution in [3.8, 4) is 0 Å². The van der Waals surface area contributed by atoms with Crippen molar-refractivity contribution >= 4 is 17.2 Å². The normalized spacial score (nSPS) is 18.3. The summed E-state index contributed by atoms with van der Waals surface area (Å²) in [6.07, 6.45) is 2.12. The number of likely N-dealkylation sites (tertiary alicyclic amines) is 1. The van der Waals surface area contributed by atoms with E-state index in [-0.39, 0.29) is 5.91 Å². The van der Waals surface area contributed by atoms with E-state index in [9.17, 15) is 4.79 Å². The second kappa shape index (κ2) is 5.19. The standard InChI is InChI=1S/C13H20N2OS/c1-9-8-12(17-10(9)2)13(16)14-11-4-6-15(3)7-5-11/h8,11H,4-7H2,1-3H3,(H,14,16). The molecule has 0 aromatic carbocycles. The predicted octanol–water partition coefficient (Wildman–Crippen LogP) is 2.19. The monoisotopic (exact) mass is 252 g/mol. The summed E-state index contributed by atoms with van der Waals surface area (Å²) in [5.41, 5.74) is 1.21. The summed E-state index contributed by atoms with van der Waals surface area (Å²) < 4.78 is 0. The van der Waals surface area contributed by atoms with Crippen molar-refractivity contribution in [2.45, 2.75) is 32.7 Å². The van der Waals surface area contributed by atoms with Crippen LogP contribution in [0.15, 0.2) is 6.07 Å². The van der Waals surface area contributed by atoms with Crippen molar-refractivity contribution in [2.24, 2.45) is 0 Å². The molecule has 17 heavy (non-hydrogen) atoms. The van der Waals surface area contributed by atoms with Crippen molar-refractivity contribution in [1.82, 2.24) is 10.2 Å². The number of nitrogens with zero attached hydrogens (tertiary/aromatic N) is 1. The van der Waals surface area contributed by atoms with Gasteiger partial charge in [-0.3, -0.25) is 4.79 Å². The van der Waals surface area contributed by atoms with E-state index in [1.54, 1.807) is 11.3 Å². The first-order valence-electron chi connectivity index (χ1n) is 6.12. The molecule has 0 unspecified atom stereocenters. The first kappa shape index (κ1) is 12.6. The Hall–Kier alpha value is -0.870. The Labute approximate surface area is 107 Å². The molecule has 1 aromatic rings. The Morgan fingerprint density at radius 2 is 2.06 bits per heavy atom. The SMILES string of the molecule is Cc1cc(C(=O)NC2CCN(C)CC2)sc1C. The minimum absolute atomic E-state index is 0.0979. The van der Waals surface area contributed by atoms with Crippen LogP contribution in [0.2, 0.25) is 0 Å². The van der Waals surface area contributed by atoms with Gasteiger partial charge < -0.3 is 10.2 Å². The van der Waals surface area contributed by atoms with E-state index in [0.717, 1.165) is 30.8 Å². The summed E-state index contributed by atoms with van der Waals surface area (Å²) in [6.45, 7) is 6.27. The molecule has 1 saturated heterocycles. The molecule has 94 valence electrons. The van der Waals surface area contributed by atoms with Crippen LogP contribution in [0, 0.1) is 13.8 Å². The zero-order valence-corrected chi connectivity index (χ0v) is 11.6. The Kier molecular flexibility index (Phi) is 3.84. The Morgan fingerprint density at radius 3 is 2.59 bits per heavy atom. The minimum Gasteiger partial charge on any atom is -0.349 e. The number of hydrogen-bond acceptors (Lipinski definition) is 3. The Bertz CT molecular complexity index is 386. The molecule has 1 aromatic heterocycles. The molecule has 0 spiro atoms. The van der Waals surface area contributed by atoms with E-state index in [1.807, 2.05) is 6.07 Å². The van der Waals surface area contributed by atoms with Crippen LogP contribution >= 0.6 is 11.3 Å². The molecule has 2 rings (SSSR count). The lowest BCUT2D eigenvalue weighted by Crippen LogP contribution is -2.43. The van der Waals surface area contributed by atoms with Gasteiger partial charge in [-0.1, -0.05) is 0 Å². The molecular formula is C13H20N2OS. The van der Waals surface area contributed by atoms with Gasteiger partial charge in [0.05, 0.1) is 4.88 Å². The van der Waals surface area contributed by atoms with Crippen molar-refractivity contribution < 1.29 is 4.79 Å². The van der Waals surface area contributed by atoms with E-state index >= 15 is 0 Å². The molecule has 0 aliphatic carbocycles. The van der Waals surface area contributed by atoms with Crippen LogP contribution < -0.4 is 5.32 Å². The number of rotatable bonds is 2. The summed E-state index contributed by atoms with van der Waals surface area (Å²) in [6, 6.07) is 2.34. The highest BCUT2D eigenvalue weighted by Gasteiger charge is 2.20. The van der Waals surface area contributed by atoms with E-state index < -0.39 is 0 Å². The number of thiophene rings is 1. The maximum atomic E-state index is 12.0. The van der Waals surface area contributed by atoms with Crippen molar-refractivity contribution in [2.75, 3.05) is 20.1 Å². The van der Waals surface area contributed by atoms with Gasteiger partial charge in [-0.25, -0.2) is 0 Å². The Morgan fingerprint density at radius 1 is 1.41 bits per heavy atom. The van der Waals surface area contributed by atoms with Gasteiger partial charge in [0.15, 0.2) is 0 Å². The van der Waals surface area contributed by atoms with Crippen LogP contribution in [0.1, 0.15) is 33.0 Å². The number of carbonyl (C=O) groups excluding carboxylic acids is 1. The lowest BCUT2D eigenvalue weighted by Gasteiger charge is -2.29. The van der Waals surface area contributed by atoms with Crippen LogP contribution in [-0.4, -0.2) is 37.0 Å². The van der Waals surface area contributed by atoms with Crippen LogP contribution in [0.5, 0.6) is 0 Å². The lowest BCUT2D eigenvalue weighted by atomic mass is 10.1. The molecular weight excluding hydrogens is 232 g/mol. The third-order valence-corrected chi connectivity index (χ3v) is 4.59. The van der Waals surface area contributed by atoms with Crippen LogP contribution in [0.4, 0.5) is 0 Å². The van der Waals surface area contributed by atoms with Crippen molar-refractivity contribution in [3.63, 3.8) is 0 Å². The molecule has 1 N–H and O–H groups in total. The van der Waals surface area contributed by atoms with E-state index in [2.05, 4.69) is 31.1 Å². The second-order valence-electron chi connectivity index (χ2n) is 4.90. The van der Waals surface area contributed by atoms with Gasteiger partial charge in [0, 0.05) is 10.9 Å². The van der Waals surface area contributed by atoms with E-state index in [1.165, 1.54) is 10.4 Å². The third-order valence-electron chi connectivity index (χ3n) is 3.44. The molecule has 1 aliphatic heterocycles. The van der Waals surface area contributed by atoms with Gasteiger partial charge in [-0.05, 0) is 58.5 Å². The van der Waals surface area contributed by atoms with Gasteiger partial charge in [0.25, 0.3) is 5.91 Å². The summed E-state index contributed by atoms with van der Waals surface area (Å²) in [5, 5.41) is 3.14. The molecule has 1 aliphatic rings. The first-order chi connectivity index (χ1) is 8.06. The average molecular weight is 252 g/mol. The average Bonchev–Trinajstić information content (AvgIpc) is 2.63. The molecule has 0 atom stereocenters. The molecule has 1 amide bonds. The lowest BCUT2D eigenvalue weighted by molar-refractivity contribution is 0.0921. The fourth-order valence-corrected chi connectivity index (χ4v) is 3.03. The van der Waals surface area contributed by atoms with Gasteiger partial charge in [-0.2, -0.15) is 0 Å². The second-order valence-corrected chi connectivity index (χ2v) is 6.16. The Balaban J connectivity index is 1.93. The molecule has 0 saturated carbocycles. The summed E-state index contributed by atoms with van der Waals surface area (Å²) in [4.78, 5) is 16.4. The maximum Gasteiger partial charge on any atom is 0.261 e. The molecule has 2 heterocycles. The molecule has 1 fully saturated rings. The summed E-state index contributed by atoms with van der Waals surface area (Å²) in [5.74, 6) is 0.0979. The van der Waals surface area contributed by atoms with Crippen LogP contribution in [0.3, 0.4) is 0 Å². The smallest absolute Gasteiger partial charge is 0.261 e. The minimum atomic E-state index is 0.0979. The number of hydrogen-bond donors (Lipinski definition) is 1. The fraction of sp³-hybridized carbons (Fsp3) is 0.615.